The molecule has 1 heterocycles. The average Bonchev–Trinajstić information content (AvgIpc) is 3.19. The summed E-state index contributed by atoms with van der Waals surface area (Å²) in [5.74, 6) is -1.00. The summed E-state index contributed by atoms with van der Waals surface area (Å²) in [7, 11) is 0. The number of benzene rings is 7. The standard InChI is InChI=1S/C40H26F2N2S/c41-27-14-18-31(19-15-27)43(29-8-3-1-4-9-29)33-22-23-34-35-24-25-37(36-12-7-13-38(40(35)36)45-39(34)26-33)44(30-10-5-2-6-11-30)32-20-16-28(42)17-21-32/h1-26H/i1D,2D,3D,4D,5D,6D,8D,9D,10D,11D. The highest BCUT2D eigenvalue weighted by Gasteiger charge is 2.24. The fraction of sp³-hybridized carbons (Fsp3) is 0. The van der Waals surface area contributed by atoms with Crippen molar-refractivity contribution < 1.29 is 22.5 Å². The van der Waals surface area contributed by atoms with Crippen LogP contribution in [0.2, 0.25) is 0 Å². The van der Waals surface area contributed by atoms with Gasteiger partial charge in [-0.1, -0.05) is 72.3 Å². The van der Waals surface area contributed by atoms with Gasteiger partial charge in [0.05, 0.1) is 19.4 Å². The first kappa shape index (κ1) is 18.4. The summed E-state index contributed by atoms with van der Waals surface area (Å²) in [6, 6.07) is 20.8. The maximum Gasteiger partial charge on any atom is 0.123 e. The van der Waals surface area contributed by atoms with Gasteiger partial charge in [0.2, 0.25) is 0 Å². The molecule has 0 radical (unpaired) electrons. The molecule has 5 heteroatoms. The van der Waals surface area contributed by atoms with Crippen LogP contribution in [0.3, 0.4) is 0 Å². The maximum atomic E-state index is 14.2. The van der Waals surface area contributed by atoms with E-state index in [2.05, 4.69) is 0 Å². The van der Waals surface area contributed by atoms with Crippen molar-refractivity contribution in [3.8, 4) is 11.1 Å². The number of para-hydroxylation sites is 2. The van der Waals surface area contributed by atoms with E-state index >= 15 is 0 Å². The lowest BCUT2D eigenvalue weighted by Crippen LogP contribution is -2.11. The third-order valence-corrected chi connectivity index (χ3v) is 8.66. The molecule has 1 aliphatic rings. The molecule has 0 bridgehead atoms. The lowest BCUT2D eigenvalue weighted by molar-refractivity contribution is 0.627. The van der Waals surface area contributed by atoms with E-state index in [-0.39, 0.29) is 11.4 Å². The van der Waals surface area contributed by atoms with Crippen molar-refractivity contribution in [2.45, 2.75) is 9.79 Å². The summed E-state index contributed by atoms with van der Waals surface area (Å²) in [6.07, 6.45) is 0. The number of rotatable bonds is 6. The van der Waals surface area contributed by atoms with Gasteiger partial charge in [-0.05, 0) is 108 Å². The second-order valence-corrected chi connectivity index (χ2v) is 11.2. The van der Waals surface area contributed by atoms with Gasteiger partial charge in [-0.2, -0.15) is 0 Å². The molecule has 0 aliphatic carbocycles. The van der Waals surface area contributed by atoms with Crippen LogP contribution in [0.4, 0.5) is 42.9 Å². The van der Waals surface area contributed by atoms with E-state index in [9.17, 15) is 8.78 Å². The van der Waals surface area contributed by atoms with Gasteiger partial charge in [0.1, 0.15) is 11.6 Å². The van der Waals surface area contributed by atoms with Crippen LogP contribution in [0.5, 0.6) is 0 Å². The highest BCUT2D eigenvalue weighted by atomic mass is 32.2. The highest BCUT2D eigenvalue weighted by Crippen LogP contribution is 2.52. The second kappa shape index (κ2) is 11.3. The van der Waals surface area contributed by atoms with Crippen LogP contribution in [0.1, 0.15) is 13.7 Å². The molecule has 7 aromatic carbocycles. The Bertz CT molecular complexity index is 2670. The maximum absolute atomic E-state index is 14.2. The smallest absolute Gasteiger partial charge is 0.123 e. The number of halogens is 2. The average molecular weight is 615 g/mol. The third kappa shape index (κ3) is 4.91. The lowest BCUT2D eigenvalue weighted by Gasteiger charge is -2.30. The summed E-state index contributed by atoms with van der Waals surface area (Å²) in [4.78, 5) is 4.67. The van der Waals surface area contributed by atoms with E-state index in [1.54, 1.807) is 17.0 Å². The Labute approximate surface area is 278 Å². The number of anilines is 6. The van der Waals surface area contributed by atoms with Crippen LogP contribution >= 0.6 is 11.8 Å². The van der Waals surface area contributed by atoms with Gasteiger partial charge in [0, 0.05) is 49.0 Å². The highest BCUT2D eigenvalue weighted by molar-refractivity contribution is 7.99. The molecular formula is C40H26F2N2S. The van der Waals surface area contributed by atoms with Crippen LogP contribution in [0, 0.1) is 11.6 Å². The third-order valence-electron chi connectivity index (χ3n) is 7.54. The normalized spacial score (nSPS) is 14.8. The zero-order valence-corrected chi connectivity index (χ0v) is 24.1. The molecule has 7 aromatic rings. The van der Waals surface area contributed by atoms with E-state index in [0.717, 1.165) is 26.3 Å². The van der Waals surface area contributed by atoms with Gasteiger partial charge in [-0.15, -0.1) is 0 Å². The molecule has 0 saturated carbocycles. The molecule has 0 amide bonds. The van der Waals surface area contributed by atoms with Gasteiger partial charge < -0.3 is 9.80 Å². The van der Waals surface area contributed by atoms with E-state index in [1.165, 1.54) is 65.2 Å². The van der Waals surface area contributed by atoms with Crippen molar-refractivity contribution in [2.24, 2.45) is 0 Å². The molecule has 0 aromatic heterocycles. The van der Waals surface area contributed by atoms with Crippen LogP contribution in [0.25, 0.3) is 21.9 Å². The van der Waals surface area contributed by atoms with Crippen LogP contribution in [0.15, 0.2) is 167 Å². The molecule has 45 heavy (non-hydrogen) atoms. The van der Waals surface area contributed by atoms with Crippen molar-refractivity contribution in [3.05, 3.63) is 169 Å². The van der Waals surface area contributed by atoms with Gasteiger partial charge in [0.25, 0.3) is 0 Å². The Morgan fingerprint density at radius 1 is 0.489 bits per heavy atom. The van der Waals surface area contributed by atoms with Gasteiger partial charge in [-0.25, -0.2) is 8.78 Å². The zero-order chi connectivity index (χ0) is 39.0. The Morgan fingerprint density at radius 2 is 1.04 bits per heavy atom. The summed E-state index contributed by atoms with van der Waals surface area (Å²) in [5, 5.41) is 1.52. The quantitative estimate of drug-likeness (QED) is 0.184. The molecule has 0 fully saturated rings. The number of fused-ring (bicyclic) bond motifs is 2. The minimum atomic E-state index is -0.536. The largest absolute Gasteiger partial charge is 0.310 e. The fourth-order valence-electron chi connectivity index (χ4n) is 5.62. The first-order valence-corrected chi connectivity index (χ1v) is 14.7. The zero-order valence-electron chi connectivity index (χ0n) is 33.3. The van der Waals surface area contributed by atoms with Crippen molar-refractivity contribution in [1.29, 1.82) is 0 Å². The van der Waals surface area contributed by atoms with Gasteiger partial charge >= 0.3 is 0 Å². The van der Waals surface area contributed by atoms with E-state index in [0.29, 0.717) is 28.1 Å². The number of hydrogen-bond acceptors (Lipinski definition) is 3. The summed E-state index contributed by atoms with van der Waals surface area (Å²) >= 11 is 1.43. The van der Waals surface area contributed by atoms with Crippen molar-refractivity contribution >= 4 is 56.7 Å². The topological polar surface area (TPSA) is 6.48 Å². The molecule has 2 nitrogen and oxygen atoms in total. The Hall–Kier alpha value is -5.39. The van der Waals surface area contributed by atoms with Crippen LogP contribution in [-0.4, -0.2) is 0 Å². The molecular weight excluding hydrogens is 579 g/mol. The molecule has 1 aliphatic heterocycles. The Morgan fingerprint density at radius 3 is 1.69 bits per heavy atom. The molecule has 0 spiro atoms. The van der Waals surface area contributed by atoms with Gasteiger partial charge in [-0.3, -0.25) is 0 Å². The minimum absolute atomic E-state index is 0.0969. The second-order valence-electron chi connectivity index (χ2n) is 10.2. The van der Waals surface area contributed by atoms with Crippen LogP contribution in [-0.2, 0) is 0 Å². The molecule has 216 valence electrons. The van der Waals surface area contributed by atoms with E-state index in [4.69, 9.17) is 13.7 Å². The van der Waals surface area contributed by atoms with Crippen molar-refractivity contribution in [1.82, 2.24) is 0 Å². The fourth-order valence-corrected chi connectivity index (χ4v) is 6.80. The summed E-state index contributed by atoms with van der Waals surface area (Å²) in [5.41, 5.74) is 3.16. The Kier molecular flexibility index (Phi) is 4.61. The van der Waals surface area contributed by atoms with E-state index < -0.39 is 72.1 Å². The van der Waals surface area contributed by atoms with Crippen molar-refractivity contribution in [2.75, 3.05) is 9.80 Å². The molecule has 8 rings (SSSR count). The van der Waals surface area contributed by atoms with E-state index in [1.807, 2.05) is 36.4 Å². The minimum Gasteiger partial charge on any atom is -0.310 e. The number of nitrogens with zero attached hydrogens (tertiary/aromatic N) is 2. The first-order valence-electron chi connectivity index (χ1n) is 18.9. The monoisotopic (exact) mass is 614 g/mol. The summed E-state index contributed by atoms with van der Waals surface area (Å²) in [6.45, 7) is 0. The first-order chi connectivity index (χ1) is 26.3. The molecule has 0 atom stereocenters. The lowest BCUT2D eigenvalue weighted by atomic mass is 9.95. The van der Waals surface area contributed by atoms with Crippen molar-refractivity contribution in [3.63, 3.8) is 0 Å². The molecule has 0 unspecified atom stereocenters. The van der Waals surface area contributed by atoms with Crippen LogP contribution < -0.4 is 9.80 Å². The van der Waals surface area contributed by atoms with Gasteiger partial charge in [0.15, 0.2) is 0 Å². The predicted molar refractivity (Wildman–Crippen MR) is 183 cm³/mol. The molecule has 0 N–H and O–H groups in total. The Balaban J connectivity index is 1.33. The molecule has 0 saturated heterocycles. The number of hydrogen-bond donors (Lipinski definition) is 0. The summed E-state index contributed by atoms with van der Waals surface area (Å²) < 4.78 is 113. The predicted octanol–water partition coefficient (Wildman–Crippen LogP) is 12.2. The SMILES string of the molecule is [2H]c1c([2H])c([2H])c(N(c2ccc(F)cc2)c2ccc3c(c2)Sc2cccc4c(N(c5ccc(F)cc5)c5c([2H])c([2H])c([2H])c([2H])c5[2H])ccc-3c24)c([2H])c1[2H].